The second-order valence-electron chi connectivity index (χ2n) is 5.00. The average molecular weight is 271 g/mol. The van der Waals surface area contributed by atoms with Crippen LogP contribution in [-0.2, 0) is 5.54 Å². The third-order valence-electron chi connectivity index (χ3n) is 3.82. The lowest BCUT2D eigenvalue weighted by atomic mass is 9.77. The van der Waals surface area contributed by atoms with Gasteiger partial charge in [-0.3, -0.25) is 0 Å². The van der Waals surface area contributed by atoms with Gasteiger partial charge in [0.1, 0.15) is 0 Å². The van der Waals surface area contributed by atoms with Crippen LogP contribution in [0, 0.1) is 11.6 Å². The molecular weight excluding hydrogens is 252 g/mol. The van der Waals surface area contributed by atoms with Crippen LogP contribution >= 0.6 is 0 Å². The molecule has 3 nitrogen and oxygen atoms in total. The standard InChI is InChI=1S/C14H19F2NO2/c1-18-9-8-10(19-2)13(16)11(12(9)15)14(17)6-4-3-5-7-14/h8H,3-7,17H2,1-2H3. The monoisotopic (exact) mass is 271 g/mol. The Morgan fingerprint density at radius 1 is 1.00 bits per heavy atom. The van der Waals surface area contributed by atoms with E-state index in [2.05, 4.69) is 0 Å². The van der Waals surface area contributed by atoms with E-state index in [9.17, 15) is 8.78 Å². The lowest BCUT2D eigenvalue weighted by Gasteiger charge is -2.34. The molecule has 1 aromatic rings. The van der Waals surface area contributed by atoms with Crippen LogP contribution in [0.1, 0.15) is 37.7 Å². The molecule has 0 unspecified atom stereocenters. The largest absolute Gasteiger partial charge is 0.494 e. The van der Waals surface area contributed by atoms with Crippen LogP contribution < -0.4 is 15.2 Å². The Kier molecular flexibility index (Phi) is 3.94. The lowest BCUT2D eigenvalue weighted by molar-refractivity contribution is 0.270. The molecule has 0 spiro atoms. The van der Waals surface area contributed by atoms with Crippen LogP contribution in [0.5, 0.6) is 11.5 Å². The molecule has 0 radical (unpaired) electrons. The smallest absolute Gasteiger partial charge is 0.173 e. The van der Waals surface area contributed by atoms with Gasteiger partial charge in [0.15, 0.2) is 23.1 Å². The van der Waals surface area contributed by atoms with Crippen LogP contribution in [0.2, 0.25) is 0 Å². The van der Waals surface area contributed by atoms with E-state index in [4.69, 9.17) is 15.2 Å². The first-order chi connectivity index (χ1) is 9.03. The van der Waals surface area contributed by atoms with Crippen LogP contribution in [0.4, 0.5) is 8.78 Å². The number of methoxy groups -OCH3 is 2. The summed E-state index contributed by atoms with van der Waals surface area (Å²) in [7, 11) is 2.67. The predicted molar refractivity (Wildman–Crippen MR) is 68.4 cm³/mol. The van der Waals surface area contributed by atoms with E-state index >= 15 is 0 Å². The number of hydrogen-bond acceptors (Lipinski definition) is 3. The highest BCUT2D eigenvalue weighted by Gasteiger charge is 2.37. The molecule has 0 atom stereocenters. The summed E-state index contributed by atoms with van der Waals surface area (Å²) >= 11 is 0. The van der Waals surface area contributed by atoms with Crippen molar-refractivity contribution in [2.75, 3.05) is 14.2 Å². The molecule has 1 aliphatic carbocycles. The van der Waals surface area contributed by atoms with Gasteiger partial charge < -0.3 is 15.2 Å². The fourth-order valence-corrected chi connectivity index (χ4v) is 2.76. The maximum Gasteiger partial charge on any atom is 0.173 e. The summed E-state index contributed by atoms with van der Waals surface area (Å²) in [5.41, 5.74) is 5.15. The number of hydrogen-bond donors (Lipinski definition) is 1. The quantitative estimate of drug-likeness (QED) is 0.918. The van der Waals surface area contributed by atoms with Crippen molar-refractivity contribution >= 4 is 0 Å². The van der Waals surface area contributed by atoms with Gasteiger partial charge in [0.25, 0.3) is 0 Å². The van der Waals surface area contributed by atoms with E-state index in [1.54, 1.807) is 0 Å². The molecule has 1 aliphatic rings. The van der Waals surface area contributed by atoms with Gasteiger partial charge in [-0.2, -0.15) is 0 Å². The first kappa shape index (κ1) is 14.1. The van der Waals surface area contributed by atoms with Crippen molar-refractivity contribution in [1.29, 1.82) is 0 Å². The van der Waals surface area contributed by atoms with Crippen LogP contribution in [0.25, 0.3) is 0 Å². The molecule has 0 aliphatic heterocycles. The van der Waals surface area contributed by atoms with Crippen molar-refractivity contribution in [2.45, 2.75) is 37.6 Å². The molecule has 2 N–H and O–H groups in total. The minimum absolute atomic E-state index is 0.0383. The zero-order valence-corrected chi connectivity index (χ0v) is 11.3. The normalized spacial score (nSPS) is 18.2. The lowest BCUT2D eigenvalue weighted by Crippen LogP contribution is -2.40. The van der Waals surface area contributed by atoms with Gasteiger partial charge in [0, 0.05) is 11.6 Å². The highest BCUT2D eigenvalue weighted by molar-refractivity contribution is 5.45. The molecule has 1 saturated carbocycles. The average Bonchev–Trinajstić information content (AvgIpc) is 2.40. The summed E-state index contributed by atoms with van der Waals surface area (Å²) in [4.78, 5) is 0. The minimum Gasteiger partial charge on any atom is -0.494 e. The summed E-state index contributed by atoms with van der Waals surface area (Å²) in [5, 5.41) is 0. The Bertz CT molecular complexity index is 443. The van der Waals surface area contributed by atoms with Gasteiger partial charge in [-0.25, -0.2) is 8.78 Å². The summed E-state index contributed by atoms with van der Waals surface area (Å²) in [6.07, 6.45) is 3.92. The van der Waals surface area contributed by atoms with Crippen LogP contribution in [0.15, 0.2) is 6.07 Å². The van der Waals surface area contributed by atoms with E-state index in [0.29, 0.717) is 12.8 Å². The molecule has 1 fully saturated rings. The van der Waals surface area contributed by atoms with Crippen molar-refractivity contribution in [3.05, 3.63) is 23.3 Å². The third-order valence-corrected chi connectivity index (χ3v) is 3.82. The fraction of sp³-hybridized carbons (Fsp3) is 0.571. The number of ether oxygens (including phenoxy) is 2. The molecule has 0 bridgehead atoms. The molecule has 19 heavy (non-hydrogen) atoms. The van der Waals surface area contributed by atoms with Crippen molar-refractivity contribution < 1.29 is 18.3 Å². The van der Waals surface area contributed by atoms with Gasteiger partial charge in [-0.1, -0.05) is 19.3 Å². The molecular formula is C14H19F2NO2. The summed E-state index contributed by atoms with van der Waals surface area (Å²) in [6, 6.07) is 1.21. The van der Waals surface area contributed by atoms with E-state index < -0.39 is 17.2 Å². The van der Waals surface area contributed by atoms with E-state index in [0.717, 1.165) is 19.3 Å². The van der Waals surface area contributed by atoms with Gasteiger partial charge in [0.2, 0.25) is 0 Å². The second kappa shape index (κ2) is 5.33. The van der Waals surface area contributed by atoms with E-state index in [-0.39, 0.29) is 17.1 Å². The Morgan fingerprint density at radius 2 is 1.47 bits per heavy atom. The van der Waals surface area contributed by atoms with Gasteiger partial charge in [-0.15, -0.1) is 0 Å². The highest BCUT2D eigenvalue weighted by atomic mass is 19.1. The first-order valence-electron chi connectivity index (χ1n) is 6.43. The SMILES string of the molecule is COc1cc(OC)c(F)c(C2(N)CCCCC2)c1F. The molecule has 2 rings (SSSR count). The van der Waals surface area contributed by atoms with Gasteiger partial charge in [0.05, 0.1) is 19.8 Å². The van der Waals surface area contributed by atoms with Gasteiger partial charge in [-0.05, 0) is 12.8 Å². The van der Waals surface area contributed by atoms with Crippen molar-refractivity contribution in [3.8, 4) is 11.5 Å². The molecule has 5 heteroatoms. The molecule has 0 amide bonds. The number of rotatable bonds is 3. The molecule has 0 aromatic heterocycles. The predicted octanol–water partition coefficient (Wildman–Crippen LogP) is 3.10. The van der Waals surface area contributed by atoms with Crippen molar-refractivity contribution in [1.82, 2.24) is 0 Å². The van der Waals surface area contributed by atoms with E-state index in [1.807, 2.05) is 0 Å². The Labute approximate surface area is 111 Å². The van der Waals surface area contributed by atoms with Gasteiger partial charge >= 0.3 is 0 Å². The Balaban J connectivity index is 2.59. The van der Waals surface area contributed by atoms with Crippen molar-refractivity contribution in [3.63, 3.8) is 0 Å². The molecule has 106 valence electrons. The summed E-state index contributed by atoms with van der Waals surface area (Å²) in [6.45, 7) is 0. The second-order valence-corrected chi connectivity index (χ2v) is 5.00. The van der Waals surface area contributed by atoms with E-state index in [1.165, 1.54) is 20.3 Å². The maximum atomic E-state index is 14.4. The Morgan fingerprint density at radius 3 is 1.89 bits per heavy atom. The summed E-state index contributed by atoms with van der Waals surface area (Å²) < 4.78 is 38.6. The number of nitrogens with two attached hydrogens (primary N) is 1. The minimum atomic E-state index is -0.978. The summed E-state index contributed by atoms with van der Waals surface area (Å²) in [5.74, 6) is -1.51. The first-order valence-corrected chi connectivity index (χ1v) is 6.43. The zero-order valence-electron chi connectivity index (χ0n) is 11.3. The van der Waals surface area contributed by atoms with Crippen molar-refractivity contribution in [2.24, 2.45) is 5.73 Å². The zero-order chi connectivity index (χ0) is 14.0. The number of benzene rings is 1. The topological polar surface area (TPSA) is 44.5 Å². The highest BCUT2D eigenvalue weighted by Crippen LogP contribution is 2.42. The molecule has 0 heterocycles. The third kappa shape index (κ3) is 2.39. The molecule has 1 aromatic carbocycles. The fourth-order valence-electron chi connectivity index (χ4n) is 2.76. The molecule has 0 saturated heterocycles. The number of halogens is 2. The van der Waals surface area contributed by atoms with Crippen LogP contribution in [0.3, 0.4) is 0 Å². The van der Waals surface area contributed by atoms with Crippen LogP contribution in [-0.4, -0.2) is 14.2 Å². The Hall–Kier alpha value is -1.36. The maximum absolute atomic E-state index is 14.4.